The van der Waals surface area contributed by atoms with E-state index in [0.29, 0.717) is 5.92 Å². The minimum absolute atomic E-state index is 0.256. The molecule has 0 spiro atoms. The smallest absolute Gasteiger partial charge is 0.223 e. The third kappa shape index (κ3) is 3.19. The predicted molar refractivity (Wildman–Crippen MR) is 62.2 cm³/mol. The SMILES string of the molecule is C[C@H](CN1CCOCC1)NC(=O)C1CCC1. The summed E-state index contributed by atoms with van der Waals surface area (Å²) in [4.78, 5) is 14.1. The molecule has 92 valence electrons. The first-order valence-electron chi connectivity index (χ1n) is 6.36. The van der Waals surface area contributed by atoms with E-state index in [0.717, 1.165) is 45.7 Å². The minimum atomic E-state index is 0.256. The van der Waals surface area contributed by atoms with Crippen molar-refractivity contribution in [2.75, 3.05) is 32.8 Å². The Labute approximate surface area is 97.3 Å². The van der Waals surface area contributed by atoms with Crippen LogP contribution < -0.4 is 5.32 Å². The van der Waals surface area contributed by atoms with Crippen LogP contribution in [0, 0.1) is 5.92 Å². The van der Waals surface area contributed by atoms with E-state index < -0.39 is 0 Å². The Balaban J connectivity index is 1.66. The molecule has 0 bridgehead atoms. The molecular weight excluding hydrogens is 204 g/mol. The molecule has 1 N–H and O–H groups in total. The zero-order chi connectivity index (χ0) is 11.4. The molecule has 0 unspecified atom stereocenters. The molecule has 0 aromatic rings. The van der Waals surface area contributed by atoms with Crippen LogP contribution in [0.3, 0.4) is 0 Å². The Bertz CT molecular complexity index is 235. The van der Waals surface area contributed by atoms with Crippen LogP contribution in [0.25, 0.3) is 0 Å². The largest absolute Gasteiger partial charge is 0.379 e. The van der Waals surface area contributed by atoms with Crippen molar-refractivity contribution in [2.45, 2.75) is 32.2 Å². The number of nitrogens with one attached hydrogen (secondary N) is 1. The van der Waals surface area contributed by atoms with Crippen molar-refractivity contribution in [3.63, 3.8) is 0 Å². The van der Waals surface area contributed by atoms with Crippen molar-refractivity contribution in [3.8, 4) is 0 Å². The molecule has 0 aromatic heterocycles. The van der Waals surface area contributed by atoms with E-state index in [1.54, 1.807) is 0 Å². The van der Waals surface area contributed by atoms with Gasteiger partial charge in [0.05, 0.1) is 13.2 Å². The fraction of sp³-hybridized carbons (Fsp3) is 0.917. The molecule has 1 aliphatic carbocycles. The molecule has 1 saturated heterocycles. The van der Waals surface area contributed by atoms with Crippen molar-refractivity contribution in [2.24, 2.45) is 5.92 Å². The lowest BCUT2D eigenvalue weighted by Gasteiger charge is -2.31. The third-order valence-electron chi connectivity index (χ3n) is 3.50. The number of carbonyl (C=O) groups is 1. The van der Waals surface area contributed by atoms with Crippen LogP contribution in [-0.4, -0.2) is 49.7 Å². The van der Waals surface area contributed by atoms with Crippen molar-refractivity contribution >= 4 is 5.91 Å². The Morgan fingerprint density at radius 2 is 2.12 bits per heavy atom. The van der Waals surface area contributed by atoms with Crippen LogP contribution in [-0.2, 0) is 9.53 Å². The topological polar surface area (TPSA) is 41.6 Å². The normalized spacial score (nSPS) is 24.8. The second-order valence-corrected chi connectivity index (χ2v) is 4.95. The third-order valence-corrected chi connectivity index (χ3v) is 3.50. The van der Waals surface area contributed by atoms with E-state index in [1.165, 1.54) is 6.42 Å². The van der Waals surface area contributed by atoms with Gasteiger partial charge in [0.15, 0.2) is 0 Å². The predicted octanol–water partition coefficient (Wildman–Crippen LogP) is 0.623. The molecule has 1 atom stereocenters. The quantitative estimate of drug-likeness (QED) is 0.764. The van der Waals surface area contributed by atoms with Gasteiger partial charge in [0, 0.05) is 31.6 Å². The van der Waals surface area contributed by atoms with Crippen molar-refractivity contribution in [3.05, 3.63) is 0 Å². The van der Waals surface area contributed by atoms with Gasteiger partial charge in [-0.05, 0) is 19.8 Å². The summed E-state index contributed by atoms with van der Waals surface area (Å²) in [5, 5.41) is 3.11. The van der Waals surface area contributed by atoms with Crippen LogP contribution in [0.1, 0.15) is 26.2 Å². The van der Waals surface area contributed by atoms with Gasteiger partial charge in [0.2, 0.25) is 5.91 Å². The first-order valence-corrected chi connectivity index (χ1v) is 6.36. The monoisotopic (exact) mass is 226 g/mol. The van der Waals surface area contributed by atoms with Crippen molar-refractivity contribution in [1.29, 1.82) is 0 Å². The number of amides is 1. The van der Waals surface area contributed by atoms with Crippen molar-refractivity contribution in [1.82, 2.24) is 10.2 Å². The summed E-state index contributed by atoms with van der Waals surface area (Å²) in [5.41, 5.74) is 0. The lowest BCUT2D eigenvalue weighted by atomic mass is 9.84. The highest BCUT2D eigenvalue weighted by Gasteiger charge is 2.26. The Kier molecular flexibility index (Phi) is 4.18. The fourth-order valence-corrected chi connectivity index (χ4v) is 2.25. The number of morpholine rings is 1. The molecule has 2 rings (SSSR count). The van der Waals surface area contributed by atoms with Crippen molar-refractivity contribution < 1.29 is 9.53 Å². The molecule has 0 aromatic carbocycles. The number of hydrogen-bond acceptors (Lipinski definition) is 3. The number of carbonyl (C=O) groups excluding carboxylic acids is 1. The van der Waals surface area contributed by atoms with Gasteiger partial charge in [0.1, 0.15) is 0 Å². The Morgan fingerprint density at radius 3 is 2.69 bits per heavy atom. The molecule has 0 radical (unpaired) electrons. The van der Waals surface area contributed by atoms with E-state index in [4.69, 9.17) is 4.74 Å². The van der Waals surface area contributed by atoms with Gasteiger partial charge in [0.25, 0.3) is 0 Å². The summed E-state index contributed by atoms with van der Waals surface area (Å²) in [6.07, 6.45) is 3.38. The summed E-state index contributed by atoms with van der Waals surface area (Å²) in [7, 11) is 0. The second-order valence-electron chi connectivity index (χ2n) is 4.95. The van der Waals surface area contributed by atoms with E-state index >= 15 is 0 Å². The van der Waals surface area contributed by atoms with Gasteiger partial charge >= 0.3 is 0 Å². The van der Waals surface area contributed by atoms with Crippen LogP contribution in [0.5, 0.6) is 0 Å². The van der Waals surface area contributed by atoms with Crippen LogP contribution >= 0.6 is 0 Å². The Morgan fingerprint density at radius 1 is 1.44 bits per heavy atom. The number of nitrogens with zero attached hydrogens (tertiary/aromatic N) is 1. The molecule has 4 nitrogen and oxygen atoms in total. The van der Waals surface area contributed by atoms with E-state index in [-0.39, 0.29) is 11.9 Å². The van der Waals surface area contributed by atoms with Crippen LogP contribution in [0.2, 0.25) is 0 Å². The standard InChI is InChI=1S/C12H22N2O2/c1-10(9-14-5-7-16-8-6-14)13-12(15)11-3-2-4-11/h10-11H,2-9H2,1H3,(H,13,15)/t10-/m1/s1. The molecule has 2 fully saturated rings. The van der Waals surface area contributed by atoms with E-state index in [1.807, 2.05) is 0 Å². The number of ether oxygens (including phenoxy) is 1. The summed E-state index contributed by atoms with van der Waals surface area (Å²) >= 11 is 0. The van der Waals surface area contributed by atoms with Gasteiger partial charge < -0.3 is 10.1 Å². The molecule has 1 amide bonds. The number of hydrogen-bond donors (Lipinski definition) is 1. The average molecular weight is 226 g/mol. The summed E-state index contributed by atoms with van der Waals surface area (Å²) in [5.74, 6) is 0.555. The van der Waals surface area contributed by atoms with Gasteiger partial charge in [-0.15, -0.1) is 0 Å². The second kappa shape index (κ2) is 5.64. The van der Waals surface area contributed by atoms with Gasteiger partial charge in [-0.1, -0.05) is 6.42 Å². The average Bonchev–Trinajstić information content (AvgIpc) is 2.15. The summed E-state index contributed by atoms with van der Waals surface area (Å²) in [6.45, 7) is 6.66. The molecule has 1 saturated carbocycles. The van der Waals surface area contributed by atoms with Gasteiger partial charge in [-0.25, -0.2) is 0 Å². The van der Waals surface area contributed by atoms with Crippen LogP contribution in [0.15, 0.2) is 0 Å². The van der Waals surface area contributed by atoms with E-state index in [2.05, 4.69) is 17.1 Å². The zero-order valence-electron chi connectivity index (χ0n) is 10.1. The maximum Gasteiger partial charge on any atom is 0.223 e. The number of rotatable bonds is 4. The zero-order valence-corrected chi connectivity index (χ0v) is 10.1. The van der Waals surface area contributed by atoms with Gasteiger partial charge in [-0.3, -0.25) is 9.69 Å². The Hall–Kier alpha value is -0.610. The summed E-state index contributed by atoms with van der Waals surface area (Å²) in [6, 6.07) is 0.256. The highest BCUT2D eigenvalue weighted by molar-refractivity contribution is 5.79. The molecule has 1 aliphatic heterocycles. The lowest BCUT2D eigenvalue weighted by molar-refractivity contribution is -0.128. The molecule has 1 heterocycles. The summed E-state index contributed by atoms with van der Waals surface area (Å²) < 4.78 is 5.30. The maximum absolute atomic E-state index is 11.7. The molecular formula is C12H22N2O2. The molecule has 2 aliphatic rings. The van der Waals surface area contributed by atoms with Gasteiger partial charge in [-0.2, -0.15) is 0 Å². The lowest BCUT2D eigenvalue weighted by Crippen LogP contribution is -2.48. The first-order chi connectivity index (χ1) is 7.75. The molecule has 16 heavy (non-hydrogen) atoms. The molecule has 4 heteroatoms. The van der Waals surface area contributed by atoms with E-state index in [9.17, 15) is 4.79 Å². The minimum Gasteiger partial charge on any atom is -0.379 e. The first kappa shape index (κ1) is 11.9. The highest BCUT2D eigenvalue weighted by atomic mass is 16.5. The van der Waals surface area contributed by atoms with Crippen LogP contribution in [0.4, 0.5) is 0 Å². The highest BCUT2D eigenvalue weighted by Crippen LogP contribution is 2.26. The maximum atomic E-state index is 11.7. The fourth-order valence-electron chi connectivity index (χ4n) is 2.25.